The van der Waals surface area contributed by atoms with Gasteiger partial charge in [-0.3, -0.25) is 4.79 Å². The highest BCUT2D eigenvalue weighted by Gasteiger charge is 2.18. The molecule has 0 aliphatic rings. The van der Waals surface area contributed by atoms with E-state index in [1.807, 2.05) is 24.3 Å². The Balaban J connectivity index is 2.36. The average Bonchev–Trinajstić information content (AvgIpc) is 2.38. The number of rotatable bonds is 3. The fourth-order valence-electron chi connectivity index (χ4n) is 1.97. The van der Waals surface area contributed by atoms with Crippen molar-refractivity contribution in [1.29, 1.82) is 0 Å². The molecule has 0 radical (unpaired) electrons. The third kappa shape index (κ3) is 3.28. The lowest BCUT2D eigenvalue weighted by atomic mass is 9.86. The van der Waals surface area contributed by atoms with Crippen LogP contribution in [0.15, 0.2) is 46.9 Å². The fraction of sp³-hybridized carbons (Fsp3) is 0.235. The molecule has 104 valence electrons. The maximum Gasteiger partial charge on any atom is 0.151 e. The van der Waals surface area contributed by atoms with Gasteiger partial charge in [0.2, 0.25) is 0 Å². The van der Waals surface area contributed by atoms with E-state index in [0.29, 0.717) is 11.3 Å². The Labute approximate surface area is 127 Å². The van der Waals surface area contributed by atoms with Crippen LogP contribution in [0.1, 0.15) is 36.7 Å². The highest BCUT2D eigenvalue weighted by Crippen LogP contribution is 2.34. The Morgan fingerprint density at radius 2 is 1.80 bits per heavy atom. The number of para-hydroxylation sites is 1. The van der Waals surface area contributed by atoms with E-state index in [-0.39, 0.29) is 5.41 Å². The molecule has 0 N–H and O–H groups in total. The van der Waals surface area contributed by atoms with Crippen LogP contribution in [0.4, 0.5) is 0 Å². The molecule has 2 nitrogen and oxygen atoms in total. The van der Waals surface area contributed by atoms with Crippen molar-refractivity contribution in [1.82, 2.24) is 0 Å². The number of aldehydes is 1. The van der Waals surface area contributed by atoms with Crippen molar-refractivity contribution in [3.8, 4) is 11.5 Å². The minimum atomic E-state index is 0.0105. The van der Waals surface area contributed by atoms with E-state index >= 15 is 0 Å². The summed E-state index contributed by atoms with van der Waals surface area (Å²) in [5.74, 6) is 1.55. The van der Waals surface area contributed by atoms with E-state index in [1.54, 1.807) is 12.1 Å². The molecule has 0 bridgehead atoms. The largest absolute Gasteiger partial charge is 0.457 e. The van der Waals surface area contributed by atoms with Crippen molar-refractivity contribution < 1.29 is 9.53 Å². The molecular formula is C17H17BrO2. The minimum Gasteiger partial charge on any atom is -0.457 e. The molecule has 2 rings (SSSR count). The highest BCUT2D eigenvalue weighted by atomic mass is 79.9. The lowest BCUT2D eigenvalue weighted by Crippen LogP contribution is -2.12. The van der Waals surface area contributed by atoms with Crippen LogP contribution in [-0.2, 0) is 5.41 Å². The maximum atomic E-state index is 10.8. The van der Waals surface area contributed by atoms with E-state index < -0.39 is 0 Å². The Hall–Kier alpha value is -1.61. The van der Waals surface area contributed by atoms with Crippen LogP contribution in [0.2, 0.25) is 0 Å². The van der Waals surface area contributed by atoms with Gasteiger partial charge in [-0.25, -0.2) is 0 Å². The Morgan fingerprint density at radius 3 is 2.40 bits per heavy atom. The van der Waals surface area contributed by atoms with E-state index in [0.717, 1.165) is 22.1 Å². The number of benzene rings is 2. The molecule has 0 fully saturated rings. The van der Waals surface area contributed by atoms with Gasteiger partial charge in [0.15, 0.2) is 6.29 Å². The van der Waals surface area contributed by atoms with Crippen molar-refractivity contribution in [3.63, 3.8) is 0 Å². The third-order valence-corrected chi connectivity index (χ3v) is 3.71. The first-order chi connectivity index (χ1) is 9.41. The summed E-state index contributed by atoms with van der Waals surface area (Å²) in [6.45, 7) is 6.46. The molecule has 2 aromatic carbocycles. The van der Waals surface area contributed by atoms with Gasteiger partial charge in [-0.2, -0.15) is 0 Å². The molecule has 0 aromatic heterocycles. The maximum absolute atomic E-state index is 10.8. The van der Waals surface area contributed by atoms with Gasteiger partial charge in [0.05, 0.1) is 0 Å². The summed E-state index contributed by atoms with van der Waals surface area (Å²) in [6.07, 6.45) is 0.816. The summed E-state index contributed by atoms with van der Waals surface area (Å²) >= 11 is 3.37. The monoisotopic (exact) mass is 332 g/mol. The van der Waals surface area contributed by atoms with Gasteiger partial charge in [0.25, 0.3) is 0 Å². The van der Waals surface area contributed by atoms with E-state index in [4.69, 9.17) is 4.74 Å². The second-order valence-electron chi connectivity index (χ2n) is 5.65. The predicted octanol–water partition coefficient (Wildman–Crippen LogP) is 5.35. The summed E-state index contributed by atoms with van der Waals surface area (Å²) in [5.41, 5.74) is 1.77. The fourth-order valence-corrected chi connectivity index (χ4v) is 2.42. The number of carbonyl (C=O) groups is 1. The standard InChI is InChI=1S/C17H17BrO2/c1-17(2,3)14-6-4-5-7-16(14)20-13-9-8-12(11-19)15(18)10-13/h4-11H,1-3H3. The molecule has 0 saturated heterocycles. The topological polar surface area (TPSA) is 26.3 Å². The highest BCUT2D eigenvalue weighted by molar-refractivity contribution is 9.10. The second kappa shape index (κ2) is 5.80. The zero-order valence-electron chi connectivity index (χ0n) is 11.8. The van der Waals surface area contributed by atoms with Crippen molar-refractivity contribution in [3.05, 3.63) is 58.1 Å². The first kappa shape index (κ1) is 14.8. The predicted molar refractivity (Wildman–Crippen MR) is 84.7 cm³/mol. The van der Waals surface area contributed by atoms with Gasteiger partial charge in [-0.1, -0.05) is 39.0 Å². The smallest absolute Gasteiger partial charge is 0.151 e. The van der Waals surface area contributed by atoms with Crippen molar-refractivity contribution in [2.45, 2.75) is 26.2 Å². The van der Waals surface area contributed by atoms with Crippen LogP contribution in [-0.4, -0.2) is 6.29 Å². The van der Waals surface area contributed by atoms with Gasteiger partial charge >= 0.3 is 0 Å². The average molecular weight is 333 g/mol. The van der Waals surface area contributed by atoms with Crippen LogP contribution in [0.25, 0.3) is 0 Å². The summed E-state index contributed by atoms with van der Waals surface area (Å²) in [4.78, 5) is 10.8. The first-order valence-electron chi connectivity index (χ1n) is 6.44. The summed E-state index contributed by atoms with van der Waals surface area (Å²) in [6, 6.07) is 13.4. The molecule has 0 amide bonds. The van der Waals surface area contributed by atoms with Crippen molar-refractivity contribution in [2.24, 2.45) is 0 Å². The zero-order chi connectivity index (χ0) is 14.8. The Morgan fingerprint density at radius 1 is 1.10 bits per heavy atom. The van der Waals surface area contributed by atoms with Crippen LogP contribution in [0.5, 0.6) is 11.5 Å². The second-order valence-corrected chi connectivity index (χ2v) is 6.50. The van der Waals surface area contributed by atoms with Gasteiger partial charge < -0.3 is 4.74 Å². The molecule has 0 saturated carbocycles. The quantitative estimate of drug-likeness (QED) is 0.708. The van der Waals surface area contributed by atoms with Crippen LogP contribution in [0.3, 0.4) is 0 Å². The molecule has 0 heterocycles. The van der Waals surface area contributed by atoms with Gasteiger partial charge in [-0.05, 0) is 45.6 Å². The molecule has 0 aliphatic carbocycles. The Kier molecular flexibility index (Phi) is 4.29. The number of hydrogen-bond donors (Lipinski definition) is 0. The SMILES string of the molecule is CC(C)(C)c1ccccc1Oc1ccc(C=O)c(Br)c1. The van der Waals surface area contributed by atoms with Gasteiger partial charge in [0, 0.05) is 15.6 Å². The summed E-state index contributed by atoms with van der Waals surface area (Å²) < 4.78 is 6.70. The molecule has 0 atom stereocenters. The van der Waals surface area contributed by atoms with Crippen molar-refractivity contribution >= 4 is 22.2 Å². The zero-order valence-corrected chi connectivity index (χ0v) is 13.4. The molecule has 0 unspecified atom stereocenters. The van der Waals surface area contributed by atoms with Gasteiger partial charge in [0.1, 0.15) is 11.5 Å². The van der Waals surface area contributed by atoms with Crippen molar-refractivity contribution in [2.75, 3.05) is 0 Å². The number of halogens is 1. The lowest BCUT2D eigenvalue weighted by Gasteiger charge is -2.22. The van der Waals surface area contributed by atoms with E-state index in [9.17, 15) is 4.79 Å². The summed E-state index contributed by atoms with van der Waals surface area (Å²) in [7, 11) is 0. The number of carbonyl (C=O) groups excluding carboxylic acids is 1. The normalized spacial score (nSPS) is 11.2. The molecule has 0 aliphatic heterocycles. The van der Waals surface area contributed by atoms with Crippen LogP contribution in [0, 0.1) is 0 Å². The first-order valence-corrected chi connectivity index (χ1v) is 7.23. The number of ether oxygens (including phenoxy) is 1. The van der Waals surface area contributed by atoms with E-state index in [1.165, 1.54) is 0 Å². The number of hydrogen-bond acceptors (Lipinski definition) is 2. The van der Waals surface area contributed by atoms with Crippen LogP contribution < -0.4 is 4.74 Å². The Bertz CT molecular complexity index is 627. The van der Waals surface area contributed by atoms with Crippen LogP contribution >= 0.6 is 15.9 Å². The third-order valence-electron chi connectivity index (χ3n) is 3.02. The van der Waals surface area contributed by atoms with E-state index in [2.05, 4.69) is 42.8 Å². The molecule has 3 heteroatoms. The molecular weight excluding hydrogens is 316 g/mol. The lowest BCUT2D eigenvalue weighted by molar-refractivity contribution is 0.112. The minimum absolute atomic E-state index is 0.0105. The van der Waals surface area contributed by atoms with Gasteiger partial charge in [-0.15, -0.1) is 0 Å². The molecule has 2 aromatic rings. The molecule has 20 heavy (non-hydrogen) atoms. The summed E-state index contributed by atoms with van der Waals surface area (Å²) in [5, 5.41) is 0. The molecule has 0 spiro atoms.